The summed E-state index contributed by atoms with van der Waals surface area (Å²) in [5.41, 5.74) is 0.342. The second kappa shape index (κ2) is 6.94. The Morgan fingerprint density at radius 2 is 2.33 bits per heavy atom. The zero-order valence-corrected chi connectivity index (χ0v) is 12.9. The molecule has 1 fully saturated rings. The van der Waals surface area contributed by atoms with E-state index in [1.54, 1.807) is 0 Å². The molecule has 1 amide bonds. The molecule has 1 aliphatic rings. The molecule has 116 valence electrons. The minimum atomic E-state index is -0.753. The number of nitrogens with one attached hydrogen (secondary N) is 1. The molecule has 0 aromatic heterocycles. The van der Waals surface area contributed by atoms with E-state index in [1.165, 1.54) is 0 Å². The lowest BCUT2D eigenvalue weighted by molar-refractivity contribution is -0.125. The predicted molar refractivity (Wildman–Crippen MR) is 82.3 cm³/mol. The summed E-state index contributed by atoms with van der Waals surface area (Å²) in [6, 6.07) is 7.60. The first-order valence-corrected chi connectivity index (χ1v) is 7.65. The van der Waals surface area contributed by atoms with Gasteiger partial charge in [0.25, 0.3) is 5.91 Å². The number of carbonyl (C=O) groups is 1. The normalized spacial score (nSPS) is 25.4. The molecule has 1 aromatic carbocycles. The minimum absolute atomic E-state index is 0.0188. The molecule has 4 nitrogen and oxygen atoms in total. The molecule has 0 heterocycles. The molecule has 0 spiro atoms. The third-order valence-electron chi connectivity index (χ3n) is 4.04. The maximum absolute atomic E-state index is 11.8. The van der Waals surface area contributed by atoms with Crippen LogP contribution in [0.25, 0.3) is 0 Å². The van der Waals surface area contributed by atoms with Gasteiger partial charge in [-0.2, -0.15) is 0 Å². The van der Waals surface area contributed by atoms with Crippen LogP contribution in [0.4, 0.5) is 0 Å². The average Bonchev–Trinajstić information content (AvgIpc) is 2.43. The average molecular weight is 291 g/mol. The summed E-state index contributed by atoms with van der Waals surface area (Å²) < 4.78 is 5.45. The summed E-state index contributed by atoms with van der Waals surface area (Å²) in [5, 5.41) is 13.2. The fourth-order valence-corrected chi connectivity index (χ4v) is 2.96. The molecular weight excluding hydrogens is 266 g/mol. The van der Waals surface area contributed by atoms with Crippen LogP contribution in [0, 0.1) is 12.8 Å². The SMILES string of the molecule is Cc1cccc(OCC(=O)NCC2(O)CCCC(C)C2)c1. The fraction of sp³-hybridized carbons (Fsp3) is 0.588. The van der Waals surface area contributed by atoms with E-state index in [0.717, 1.165) is 31.2 Å². The highest BCUT2D eigenvalue weighted by Crippen LogP contribution is 2.31. The van der Waals surface area contributed by atoms with E-state index in [-0.39, 0.29) is 12.5 Å². The zero-order valence-electron chi connectivity index (χ0n) is 12.9. The van der Waals surface area contributed by atoms with Crippen molar-refractivity contribution in [3.63, 3.8) is 0 Å². The van der Waals surface area contributed by atoms with Crippen molar-refractivity contribution < 1.29 is 14.6 Å². The van der Waals surface area contributed by atoms with E-state index in [0.29, 0.717) is 18.2 Å². The summed E-state index contributed by atoms with van der Waals surface area (Å²) in [6.07, 6.45) is 3.70. The molecule has 0 aliphatic heterocycles. The van der Waals surface area contributed by atoms with Gasteiger partial charge in [0, 0.05) is 6.54 Å². The highest BCUT2D eigenvalue weighted by molar-refractivity contribution is 5.77. The van der Waals surface area contributed by atoms with Crippen LogP contribution in [0.5, 0.6) is 5.75 Å². The number of benzene rings is 1. The molecule has 2 rings (SSSR count). The number of ether oxygens (including phenoxy) is 1. The fourth-order valence-electron chi connectivity index (χ4n) is 2.96. The van der Waals surface area contributed by atoms with Crippen LogP contribution in [-0.4, -0.2) is 29.8 Å². The van der Waals surface area contributed by atoms with Crippen LogP contribution in [0.2, 0.25) is 0 Å². The molecule has 2 N–H and O–H groups in total. The van der Waals surface area contributed by atoms with E-state index >= 15 is 0 Å². The molecular formula is C17H25NO3. The number of rotatable bonds is 5. The molecule has 2 atom stereocenters. The van der Waals surface area contributed by atoms with Gasteiger partial charge in [0.15, 0.2) is 6.61 Å². The molecule has 0 saturated heterocycles. The van der Waals surface area contributed by atoms with Gasteiger partial charge in [-0.25, -0.2) is 0 Å². The van der Waals surface area contributed by atoms with Gasteiger partial charge in [-0.3, -0.25) is 4.79 Å². The molecule has 1 aromatic rings. The van der Waals surface area contributed by atoms with Crippen molar-refractivity contribution >= 4 is 5.91 Å². The Kier molecular flexibility index (Phi) is 5.23. The van der Waals surface area contributed by atoms with Crippen molar-refractivity contribution in [2.75, 3.05) is 13.2 Å². The molecule has 1 aliphatic carbocycles. The number of amides is 1. The molecule has 2 unspecified atom stereocenters. The van der Waals surface area contributed by atoms with Crippen molar-refractivity contribution in [3.8, 4) is 5.75 Å². The van der Waals surface area contributed by atoms with Crippen molar-refractivity contribution in [1.82, 2.24) is 5.32 Å². The first-order chi connectivity index (χ1) is 9.97. The van der Waals surface area contributed by atoms with E-state index < -0.39 is 5.60 Å². The Hall–Kier alpha value is -1.55. The Bertz CT molecular complexity index is 489. The minimum Gasteiger partial charge on any atom is -0.484 e. The van der Waals surface area contributed by atoms with Crippen LogP contribution in [0.3, 0.4) is 0 Å². The Balaban J connectivity index is 1.74. The highest BCUT2D eigenvalue weighted by atomic mass is 16.5. The van der Waals surface area contributed by atoms with E-state index in [9.17, 15) is 9.90 Å². The van der Waals surface area contributed by atoms with Gasteiger partial charge in [0.05, 0.1) is 5.60 Å². The second-order valence-corrected chi connectivity index (χ2v) is 6.31. The summed E-state index contributed by atoms with van der Waals surface area (Å²) in [5.74, 6) is 1.02. The van der Waals surface area contributed by atoms with Gasteiger partial charge < -0.3 is 15.2 Å². The monoisotopic (exact) mass is 291 g/mol. The van der Waals surface area contributed by atoms with Crippen LogP contribution in [-0.2, 0) is 4.79 Å². The highest BCUT2D eigenvalue weighted by Gasteiger charge is 2.32. The van der Waals surface area contributed by atoms with Gasteiger partial charge in [0.1, 0.15) is 5.75 Å². The lowest BCUT2D eigenvalue weighted by Gasteiger charge is -2.35. The Morgan fingerprint density at radius 1 is 1.52 bits per heavy atom. The third-order valence-corrected chi connectivity index (χ3v) is 4.04. The quantitative estimate of drug-likeness (QED) is 0.876. The first kappa shape index (κ1) is 15.8. The van der Waals surface area contributed by atoms with Crippen molar-refractivity contribution in [3.05, 3.63) is 29.8 Å². The lowest BCUT2D eigenvalue weighted by Crippen LogP contribution is -2.46. The van der Waals surface area contributed by atoms with Gasteiger partial charge in [0.2, 0.25) is 0 Å². The lowest BCUT2D eigenvalue weighted by atomic mass is 9.79. The van der Waals surface area contributed by atoms with Crippen LogP contribution >= 0.6 is 0 Å². The third kappa shape index (κ3) is 5.05. The Labute approximate surface area is 126 Å². The van der Waals surface area contributed by atoms with Gasteiger partial charge in [-0.15, -0.1) is 0 Å². The molecule has 4 heteroatoms. The summed E-state index contributed by atoms with van der Waals surface area (Å²) in [6.45, 7) is 4.42. The van der Waals surface area contributed by atoms with Crippen LogP contribution in [0.15, 0.2) is 24.3 Å². The largest absolute Gasteiger partial charge is 0.484 e. The van der Waals surface area contributed by atoms with Crippen molar-refractivity contribution in [2.24, 2.45) is 5.92 Å². The number of aliphatic hydroxyl groups is 1. The standard InChI is InChI=1S/C17H25NO3/c1-13-5-3-7-15(9-13)21-11-16(19)18-12-17(20)8-4-6-14(2)10-17/h3,5,7,9,14,20H,4,6,8,10-12H2,1-2H3,(H,18,19). The number of hydrogen-bond acceptors (Lipinski definition) is 3. The van der Waals surface area contributed by atoms with Gasteiger partial charge in [-0.05, 0) is 43.4 Å². The number of aryl methyl sites for hydroxylation is 1. The van der Waals surface area contributed by atoms with Gasteiger partial charge >= 0.3 is 0 Å². The maximum Gasteiger partial charge on any atom is 0.258 e. The van der Waals surface area contributed by atoms with E-state index in [4.69, 9.17) is 4.74 Å². The summed E-state index contributed by atoms with van der Waals surface area (Å²) >= 11 is 0. The van der Waals surface area contributed by atoms with Gasteiger partial charge in [-0.1, -0.05) is 31.9 Å². The van der Waals surface area contributed by atoms with Crippen LogP contribution < -0.4 is 10.1 Å². The number of hydrogen-bond donors (Lipinski definition) is 2. The molecule has 21 heavy (non-hydrogen) atoms. The first-order valence-electron chi connectivity index (χ1n) is 7.65. The van der Waals surface area contributed by atoms with Crippen LogP contribution in [0.1, 0.15) is 38.2 Å². The summed E-state index contributed by atoms with van der Waals surface area (Å²) in [7, 11) is 0. The maximum atomic E-state index is 11.8. The van der Waals surface area contributed by atoms with E-state index in [2.05, 4.69) is 12.2 Å². The second-order valence-electron chi connectivity index (χ2n) is 6.31. The van der Waals surface area contributed by atoms with Crippen molar-refractivity contribution in [2.45, 2.75) is 45.1 Å². The summed E-state index contributed by atoms with van der Waals surface area (Å²) in [4.78, 5) is 11.8. The van der Waals surface area contributed by atoms with E-state index in [1.807, 2.05) is 31.2 Å². The topological polar surface area (TPSA) is 58.6 Å². The number of carbonyl (C=O) groups excluding carboxylic acids is 1. The zero-order chi connectivity index (χ0) is 15.3. The smallest absolute Gasteiger partial charge is 0.258 e. The van der Waals surface area contributed by atoms with Crippen molar-refractivity contribution in [1.29, 1.82) is 0 Å². The predicted octanol–water partition coefficient (Wildman–Crippen LogP) is 2.43. The molecule has 0 radical (unpaired) electrons. The Morgan fingerprint density at radius 3 is 3.05 bits per heavy atom. The molecule has 1 saturated carbocycles. The molecule has 0 bridgehead atoms.